The standard InChI is InChI=1S/C25H28N4O8S/c1-3-15-12-25(15,23(31)28-38(34,35)17-7-8-17)27-21(30)18-11-16(13-29(18)24(32)33)37-22-20-14(9-10-26-22)5-4-6-19(20)36-2/h3-6,9-10,15-18H,1,7-8,11-13H2,2H3,(H,27,30)(H,28,31)(H,32,33). The number of sulfonamides is 1. The van der Waals surface area contributed by atoms with E-state index in [1.165, 1.54) is 13.2 Å². The number of hydrogen-bond donors (Lipinski definition) is 3. The molecule has 3 aliphatic rings. The number of nitrogens with zero attached hydrogens (tertiary/aromatic N) is 2. The molecule has 202 valence electrons. The van der Waals surface area contributed by atoms with Crippen LogP contribution in [0.25, 0.3) is 10.8 Å². The maximum Gasteiger partial charge on any atom is 0.408 e. The fraction of sp³-hybridized carbons (Fsp3) is 0.440. The SMILES string of the molecule is C=CC1CC1(NC(=O)C1CC(Oc2nccc3cccc(OC)c23)CN1C(=O)O)C(=O)NS(=O)(=O)C1CC1. The second kappa shape index (κ2) is 9.46. The Bertz CT molecular complexity index is 1420. The van der Waals surface area contributed by atoms with Gasteiger partial charge in [-0.3, -0.25) is 19.2 Å². The van der Waals surface area contributed by atoms with Crippen molar-refractivity contribution in [2.45, 2.75) is 48.6 Å². The molecule has 0 radical (unpaired) electrons. The highest BCUT2D eigenvalue weighted by molar-refractivity contribution is 7.91. The molecule has 3 amide bonds. The summed E-state index contributed by atoms with van der Waals surface area (Å²) in [6, 6.07) is 6.07. The second-order valence-corrected chi connectivity index (χ2v) is 11.7. The zero-order chi connectivity index (χ0) is 27.2. The van der Waals surface area contributed by atoms with Crippen LogP contribution in [-0.4, -0.2) is 77.9 Å². The molecule has 3 N–H and O–H groups in total. The molecular formula is C25H28N4O8S. The van der Waals surface area contributed by atoms with Gasteiger partial charge in [-0.25, -0.2) is 18.2 Å². The molecule has 0 spiro atoms. The van der Waals surface area contributed by atoms with Gasteiger partial charge in [0.2, 0.25) is 21.8 Å². The molecular weight excluding hydrogens is 516 g/mol. The summed E-state index contributed by atoms with van der Waals surface area (Å²) in [6.45, 7) is 3.56. The number of fused-ring (bicyclic) bond motifs is 1. The van der Waals surface area contributed by atoms with E-state index < -0.39 is 56.8 Å². The highest BCUT2D eigenvalue weighted by Gasteiger charge is 2.62. The van der Waals surface area contributed by atoms with Crippen molar-refractivity contribution in [2.24, 2.45) is 5.92 Å². The van der Waals surface area contributed by atoms with Gasteiger partial charge in [0.15, 0.2) is 0 Å². The number of aromatic nitrogens is 1. The Morgan fingerprint density at radius 3 is 2.66 bits per heavy atom. The van der Waals surface area contributed by atoms with Crippen LogP contribution in [0.3, 0.4) is 0 Å². The normalized spacial score (nSPS) is 26.4. The van der Waals surface area contributed by atoms with Crippen LogP contribution < -0.4 is 19.5 Å². The predicted octanol–water partition coefficient (Wildman–Crippen LogP) is 1.41. The lowest BCUT2D eigenvalue weighted by molar-refractivity contribution is -0.131. The van der Waals surface area contributed by atoms with E-state index in [9.17, 15) is 27.9 Å². The summed E-state index contributed by atoms with van der Waals surface area (Å²) in [4.78, 5) is 43.6. The first-order valence-corrected chi connectivity index (χ1v) is 13.7. The summed E-state index contributed by atoms with van der Waals surface area (Å²) in [5.74, 6) is -1.27. The first-order chi connectivity index (χ1) is 18.1. The van der Waals surface area contributed by atoms with E-state index in [0.29, 0.717) is 24.0 Å². The van der Waals surface area contributed by atoms with Gasteiger partial charge in [-0.05, 0) is 36.8 Å². The van der Waals surface area contributed by atoms with Crippen molar-refractivity contribution in [3.8, 4) is 11.6 Å². The van der Waals surface area contributed by atoms with E-state index in [1.54, 1.807) is 18.3 Å². The topological polar surface area (TPSA) is 164 Å². The number of carbonyl (C=O) groups is 3. The van der Waals surface area contributed by atoms with Crippen LogP contribution in [0.1, 0.15) is 25.7 Å². The zero-order valence-corrected chi connectivity index (χ0v) is 21.4. The number of benzene rings is 1. The number of rotatable bonds is 9. The molecule has 12 nitrogen and oxygen atoms in total. The summed E-state index contributed by atoms with van der Waals surface area (Å²) >= 11 is 0. The molecule has 1 aromatic heterocycles. The molecule has 3 fully saturated rings. The molecule has 4 atom stereocenters. The number of likely N-dealkylation sites (tertiary alicyclic amines) is 1. The van der Waals surface area contributed by atoms with Crippen LogP contribution in [0, 0.1) is 5.92 Å². The maximum atomic E-state index is 13.3. The van der Waals surface area contributed by atoms with Crippen LogP contribution in [0.2, 0.25) is 0 Å². The average Bonchev–Trinajstić information content (AvgIpc) is 3.80. The fourth-order valence-corrected chi connectivity index (χ4v) is 6.31. The molecule has 0 bridgehead atoms. The van der Waals surface area contributed by atoms with Crippen molar-refractivity contribution in [1.29, 1.82) is 0 Å². The first-order valence-electron chi connectivity index (χ1n) is 12.2. The number of pyridine rings is 1. The number of carboxylic acid groups (broad SMARTS) is 1. The fourth-order valence-electron chi connectivity index (χ4n) is 4.94. The van der Waals surface area contributed by atoms with Crippen LogP contribution in [0.15, 0.2) is 43.1 Å². The van der Waals surface area contributed by atoms with Gasteiger partial charge < -0.3 is 19.9 Å². The molecule has 2 heterocycles. The van der Waals surface area contributed by atoms with Gasteiger partial charge in [-0.2, -0.15) is 0 Å². The van der Waals surface area contributed by atoms with Crippen LogP contribution in [0.4, 0.5) is 4.79 Å². The summed E-state index contributed by atoms with van der Waals surface area (Å²) in [5, 5.41) is 13.2. The first kappa shape index (κ1) is 25.8. The van der Waals surface area contributed by atoms with Crippen LogP contribution >= 0.6 is 0 Å². The number of nitrogens with one attached hydrogen (secondary N) is 2. The minimum Gasteiger partial charge on any atom is -0.496 e. The molecule has 1 saturated heterocycles. The smallest absolute Gasteiger partial charge is 0.408 e. The van der Waals surface area contributed by atoms with Gasteiger partial charge in [-0.1, -0.05) is 18.2 Å². The van der Waals surface area contributed by atoms with Crippen molar-refractivity contribution < 1.29 is 37.4 Å². The summed E-state index contributed by atoms with van der Waals surface area (Å²) in [7, 11) is -2.32. The average molecular weight is 545 g/mol. The molecule has 2 aliphatic carbocycles. The quantitative estimate of drug-likeness (QED) is 0.396. The van der Waals surface area contributed by atoms with Gasteiger partial charge in [0, 0.05) is 18.5 Å². The highest BCUT2D eigenvalue weighted by atomic mass is 32.2. The maximum absolute atomic E-state index is 13.3. The Morgan fingerprint density at radius 2 is 2.03 bits per heavy atom. The Labute approximate surface area is 219 Å². The summed E-state index contributed by atoms with van der Waals surface area (Å²) in [5.41, 5.74) is -1.51. The van der Waals surface area contributed by atoms with Crippen LogP contribution in [0.5, 0.6) is 11.6 Å². The molecule has 38 heavy (non-hydrogen) atoms. The Kier molecular flexibility index (Phi) is 6.41. The van der Waals surface area contributed by atoms with E-state index in [1.807, 2.05) is 12.1 Å². The molecule has 1 aromatic carbocycles. The van der Waals surface area contributed by atoms with Crippen LogP contribution in [-0.2, 0) is 19.6 Å². The van der Waals surface area contributed by atoms with Crippen molar-refractivity contribution in [2.75, 3.05) is 13.7 Å². The monoisotopic (exact) mass is 544 g/mol. The Morgan fingerprint density at radius 1 is 1.26 bits per heavy atom. The predicted molar refractivity (Wildman–Crippen MR) is 135 cm³/mol. The molecule has 13 heteroatoms. The van der Waals surface area contributed by atoms with Gasteiger partial charge in [-0.15, -0.1) is 6.58 Å². The van der Waals surface area contributed by atoms with Crippen molar-refractivity contribution in [3.05, 3.63) is 43.1 Å². The van der Waals surface area contributed by atoms with Gasteiger partial charge >= 0.3 is 6.09 Å². The Balaban J connectivity index is 1.34. The second-order valence-electron chi connectivity index (χ2n) is 9.78. The molecule has 5 rings (SSSR count). The van der Waals surface area contributed by atoms with E-state index in [0.717, 1.165) is 10.3 Å². The highest BCUT2D eigenvalue weighted by Crippen LogP contribution is 2.45. The molecule has 1 aliphatic heterocycles. The lowest BCUT2D eigenvalue weighted by atomic mass is 10.1. The third-order valence-corrected chi connectivity index (χ3v) is 9.10. The van der Waals surface area contributed by atoms with E-state index >= 15 is 0 Å². The molecule has 2 aromatic rings. The summed E-state index contributed by atoms with van der Waals surface area (Å²) < 4.78 is 38.2. The van der Waals surface area contributed by atoms with Gasteiger partial charge in [0.25, 0.3) is 5.91 Å². The number of methoxy groups -OCH3 is 1. The summed E-state index contributed by atoms with van der Waals surface area (Å²) in [6.07, 6.45) is 2.10. The number of carbonyl (C=O) groups excluding carboxylic acids is 2. The van der Waals surface area contributed by atoms with Crippen molar-refractivity contribution in [3.63, 3.8) is 0 Å². The lowest BCUT2D eigenvalue weighted by Crippen LogP contribution is -2.56. The zero-order valence-electron chi connectivity index (χ0n) is 20.6. The lowest BCUT2D eigenvalue weighted by Gasteiger charge is -2.24. The third-order valence-electron chi connectivity index (χ3n) is 7.28. The number of hydrogen-bond acceptors (Lipinski definition) is 8. The minimum absolute atomic E-state index is 0.00216. The number of amides is 3. The Hall–Kier alpha value is -3.87. The van der Waals surface area contributed by atoms with Gasteiger partial charge in [0.05, 0.1) is 24.3 Å². The molecule has 2 saturated carbocycles. The van der Waals surface area contributed by atoms with E-state index in [-0.39, 0.29) is 25.3 Å². The number of ether oxygens (including phenoxy) is 2. The van der Waals surface area contributed by atoms with Crippen molar-refractivity contribution in [1.82, 2.24) is 19.9 Å². The van der Waals surface area contributed by atoms with E-state index in [4.69, 9.17) is 9.47 Å². The van der Waals surface area contributed by atoms with E-state index in [2.05, 4.69) is 21.6 Å². The van der Waals surface area contributed by atoms with Crippen molar-refractivity contribution >= 4 is 38.7 Å². The van der Waals surface area contributed by atoms with Gasteiger partial charge in [0.1, 0.15) is 23.4 Å². The molecule has 4 unspecified atom stereocenters. The largest absolute Gasteiger partial charge is 0.496 e. The third kappa shape index (κ3) is 4.62. The minimum atomic E-state index is -3.83.